The summed E-state index contributed by atoms with van der Waals surface area (Å²) in [5.41, 5.74) is 3.30. The summed E-state index contributed by atoms with van der Waals surface area (Å²) in [6.07, 6.45) is -4.52. The molecule has 2 N–H and O–H groups in total. The number of hydrogen-bond donors (Lipinski definition) is 2. The van der Waals surface area contributed by atoms with Crippen LogP contribution in [0, 0.1) is 0 Å². The molecule has 128 valence electrons. The summed E-state index contributed by atoms with van der Waals surface area (Å²) in [5, 5.41) is 0. The second-order valence-corrected chi connectivity index (χ2v) is 4.68. The molecule has 2 aromatic rings. The largest absolute Gasteiger partial charge is 0.497 e. The van der Waals surface area contributed by atoms with Crippen LogP contribution in [-0.2, 0) is 11.0 Å². The van der Waals surface area contributed by atoms with Gasteiger partial charge in [-0.1, -0.05) is 12.1 Å². The van der Waals surface area contributed by atoms with Gasteiger partial charge in [0.25, 0.3) is 5.91 Å². The highest BCUT2D eigenvalue weighted by molar-refractivity contribution is 5.79. The van der Waals surface area contributed by atoms with E-state index in [2.05, 4.69) is 10.9 Å². The van der Waals surface area contributed by atoms with E-state index in [1.807, 2.05) is 0 Å². The zero-order chi connectivity index (χ0) is 17.6. The summed E-state index contributed by atoms with van der Waals surface area (Å²) in [6, 6.07) is 11.4. The molecule has 0 aliphatic carbocycles. The van der Waals surface area contributed by atoms with Crippen molar-refractivity contribution in [3.05, 3.63) is 54.1 Å². The summed E-state index contributed by atoms with van der Waals surface area (Å²) >= 11 is 0. The van der Waals surface area contributed by atoms with Gasteiger partial charge in [-0.3, -0.25) is 15.6 Å². The van der Waals surface area contributed by atoms with Crippen molar-refractivity contribution in [3.8, 4) is 11.5 Å². The maximum Gasteiger partial charge on any atom is 0.418 e. The smallest absolute Gasteiger partial charge is 0.418 e. The first kappa shape index (κ1) is 17.5. The highest BCUT2D eigenvalue weighted by Gasteiger charge is 2.33. The van der Waals surface area contributed by atoms with Crippen molar-refractivity contribution in [3.63, 3.8) is 0 Å². The molecule has 0 aliphatic heterocycles. The summed E-state index contributed by atoms with van der Waals surface area (Å²) in [6.45, 7) is -0.354. The average molecular weight is 340 g/mol. The van der Waals surface area contributed by atoms with Crippen LogP contribution in [-0.4, -0.2) is 19.6 Å². The van der Waals surface area contributed by atoms with E-state index in [-0.39, 0.29) is 12.3 Å². The van der Waals surface area contributed by atoms with Gasteiger partial charge in [0, 0.05) is 0 Å². The Kier molecular flexibility index (Phi) is 5.51. The highest BCUT2D eigenvalue weighted by Crippen LogP contribution is 2.34. The maximum absolute atomic E-state index is 12.8. The molecule has 1 amide bonds. The molecule has 0 atom stereocenters. The van der Waals surface area contributed by atoms with Crippen molar-refractivity contribution in [1.29, 1.82) is 0 Å². The molecule has 24 heavy (non-hydrogen) atoms. The Morgan fingerprint density at radius 2 is 1.67 bits per heavy atom. The Morgan fingerprint density at radius 3 is 2.29 bits per heavy atom. The Bertz CT molecular complexity index is 688. The number of hydrogen-bond acceptors (Lipinski definition) is 4. The van der Waals surface area contributed by atoms with E-state index in [1.165, 1.54) is 25.3 Å². The van der Waals surface area contributed by atoms with Crippen LogP contribution in [0.5, 0.6) is 11.5 Å². The minimum atomic E-state index is -4.52. The van der Waals surface area contributed by atoms with Gasteiger partial charge in [0.15, 0.2) is 6.61 Å². The third kappa shape index (κ3) is 4.80. The molecule has 0 aliphatic rings. The van der Waals surface area contributed by atoms with Crippen molar-refractivity contribution in [2.45, 2.75) is 6.18 Å². The summed E-state index contributed by atoms with van der Waals surface area (Å²) in [7, 11) is 1.52. The Labute approximate surface area is 136 Å². The second kappa shape index (κ2) is 7.58. The van der Waals surface area contributed by atoms with Crippen LogP contribution in [0.3, 0.4) is 0 Å². The second-order valence-electron chi connectivity index (χ2n) is 4.68. The lowest BCUT2D eigenvalue weighted by molar-refractivity contribution is -0.137. The molecule has 0 saturated heterocycles. The predicted octanol–water partition coefficient (Wildman–Crippen LogP) is 3.24. The lowest BCUT2D eigenvalue weighted by Gasteiger charge is -2.15. The number of amides is 1. The number of nitrogens with one attached hydrogen (secondary N) is 2. The number of benzene rings is 2. The van der Waals surface area contributed by atoms with E-state index < -0.39 is 17.6 Å². The van der Waals surface area contributed by atoms with Gasteiger partial charge in [0.1, 0.15) is 11.5 Å². The van der Waals surface area contributed by atoms with Crippen molar-refractivity contribution in [2.24, 2.45) is 0 Å². The van der Waals surface area contributed by atoms with Crippen LogP contribution in [0.1, 0.15) is 5.56 Å². The molecule has 0 aromatic heterocycles. The number of methoxy groups -OCH3 is 1. The van der Waals surface area contributed by atoms with Gasteiger partial charge in [0.2, 0.25) is 0 Å². The monoisotopic (exact) mass is 340 g/mol. The summed E-state index contributed by atoms with van der Waals surface area (Å²) in [4.78, 5) is 11.7. The number of carbonyl (C=O) groups is 1. The van der Waals surface area contributed by atoms with E-state index in [9.17, 15) is 18.0 Å². The Balaban J connectivity index is 1.87. The average Bonchev–Trinajstić information content (AvgIpc) is 2.58. The molecule has 0 fully saturated rings. The SMILES string of the molecule is COc1ccc(OCC(=O)NNc2ccccc2C(F)(F)F)cc1. The molecular weight excluding hydrogens is 325 g/mol. The van der Waals surface area contributed by atoms with Gasteiger partial charge in [-0.15, -0.1) is 0 Å². The molecule has 2 aromatic carbocycles. The number of alkyl halides is 3. The first-order valence-electron chi connectivity index (χ1n) is 6.88. The topological polar surface area (TPSA) is 59.6 Å². The van der Waals surface area contributed by atoms with E-state index in [4.69, 9.17) is 9.47 Å². The Hall–Kier alpha value is -2.90. The fourth-order valence-electron chi connectivity index (χ4n) is 1.83. The minimum absolute atomic E-state index is 0.247. The molecule has 0 unspecified atom stereocenters. The fourth-order valence-corrected chi connectivity index (χ4v) is 1.83. The molecular formula is C16H15F3N2O3. The van der Waals surface area contributed by atoms with Crippen LogP contribution >= 0.6 is 0 Å². The summed E-state index contributed by atoms with van der Waals surface area (Å²) < 4.78 is 48.7. The molecule has 2 rings (SSSR count). The van der Waals surface area contributed by atoms with Gasteiger partial charge >= 0.3 is 6.18 Å². The quantitative estimate of drug-likeness (QED) is 0.793. The van der Waals surface area contributed by atoms with E-state index in [1.54, 1.807) is 24.3 Å². The van der Waals surface area contributed by atoms with Crippen LogP contribution in [0.4, 0.5) is 18.9 Å². The van der Waals surface area contributed by atoms with Crippen molar-refractivity contribution >= 4 is 11.6 Å². The number of rotatable bonds is 6. The maximum atomic E-state index is 12.8. The van der Waals surface area contributed by atoms with E-state index in [0.717, 1.165) is 6.07 Å². The minimum Gasteiger partial charge on any atom is -0.497 e. The fraction of sp³-hybridized carbons (Fsp3) is 0.188. The first-order chi connectivity index (χ1) is 11.4. The van der Waals surface area contributed by atoms with Gasteiger partial charge in [-0.25, -0.2) is 0 Å². The third-order valence-corrected chi connectivity index (χ3v) is 3.00. The van der Waals surface area contributed by atoms with Crippen molar-refractivity contribution in [1.82, 2.24) is 5.43 Å². The summed E-state index contributed by atoms with van der Waals surface area (Å²) in [5.74, 6) is 0.446. The molecule has 0 spiro atoms. The normalized spacial score (nSPS) is 10.8. The number of ether oxygens (including phenoxy) is 2. The van der Waals surface area contributed by atoms with E-state index in [0.29, 0.717) is 11.5 Å². The van der Waals surface area contributed by atoms with Gasteiger partial charge in [-0.05, 0) is 36.4 Å². The number of hydrazine groups is 1. The number of anilines is 1. The molecule has 0 heterocycles. The molecule has 0 saturated carbocycles. The van der Waals surface area contributed by atoms with Crippen LogP contribution < -0.4 is 20.3 Å². The molecule has 0 bridgehead atoms. The third-order valence-electron chi connectivity index (χ3n) is 3.00. The predicted molar refractivity (Wildman–Crippen MR) is 81.7 cm³/mol. The van der Waals surface area contributed by atoms with Crippen LogP contribution in [0.25, 0.3) is 0 Å². The van der Waals surface area contributed by atoms with Gasteiger partial charge in [0.05, 0.1) is 18.4 Å². The van der Waals surface area contributed by atoms with Gasteiger partial charge in [-0.2, -0.15) is 13.2 Å². The Morgan fingerprint density at radius 1 is 1.04 bits per heavy atom. The molecule has 8 heteroatoms. The first-order valence-corrected chi connectivity index (χ1v) is 6.88. The van der Waals surface area contributed by atoms with Gasteiger partial charge < -0.3 is 9.47 Å². The zero-order valence-electron chi connectivity index (χ0n) is 12.7. The number of carbonyl (C=O) groups excluding carboxylic acids is 1. The lowest BCUT2D eigenvalue weighted by atomic mass is 10.2. The van der Waals surface area contributed by atoms with Crippen LogP contribution in [0.2, 0.25) is 0 Å². The number of halogens is 3. The molecule has 0 radical (unpaired) electrons. The lowest BCUT2D eigenvalue weighted by Crippen LogP contribution is -2.34. The van der Waals surface area contributed by atoms with Crippen LogP contribution in [0.15, 0.2) is 48.5 Å². The standard InChI is InChI=1S/C16H15F3N2O3/c1-23-11-6-8-12(9-7-11)24-10-15(22)21-20-14-5-3-2-4-13(14)16(17,18)19/h2-9,20H,10H2,1H3,(H,21,22). The van der Waals surface area contributed by atoms with E-state index >= 15 is 0 Å². The van der Waals surface area contributed by atoms with Crippen molar-refractivity contribution in [2.75, 3.05) is 19.1 Å². The van der Waals surface area contributed by atoms with Crippen molar-refractivity contribution < 1.29 is 27.4 Å². The zero-order valence-corrected chi connectivity index (χ0v) is 12.7. The molecule has 5 nitrogen and oxygen atoms in total. The highest BCUT2D eigenvalue weighted by atomic mass is 19.4. The number of para-hydroxylation sites is 1.